The Morgan fingerprint density at radius 1 is 1.31 bits per heavy atom. The first kappa shape index (κ1) is 22.1. The fourth-order valence-electron chi connectivity index (χ4n) is 3.56. The predicted octanol–water partition coefficient (Wildman–Crippen LogP) is 3.29. The van der Waals surface area contributed by atoms with E-state index in [0.717, 1.165) is 28.2 Å². The number of hydrogen-bond donors (Lipinski definition) is 2. The van der Waals surface area contributed by atoms with Crippen LogP contribution in [-0.2, 0) is 16.0 Å². The molecule has 32 heavy (non-hydrogen) atoms. The number of benzene rings is 1. The number of anilines is 1. The van der Waals surface area contributed by atoms with Gasteiger partial charge in [-0.3, -0.25) is 14.5 Å². The van der Waals surface area contributed by atoms with Crippen molar-refractivity contribution < 1.29 is 32.3 Å². The number of thiazole rings is 1. The summed E-state index contributed by atoms with van der Waals surface area (Å²) in [6.07, 6.45) is -1.08. The fourth-order valence-corrected chi connectivity index (χ4v) is 4.42. The minimum Gasteiger partial charge on any atom is -0.406 e. The number of nitrogens with one attached hydrogen (secondary N) is 2. The molecule has 0 spiro atoms. The van der Waals surface area contributed by atoms with Crippen LogP contribution in [0, 0.1) is 5.92 Å². The number of rotatable bonds is 7. The Labute approximate surface area is 184 Å². The van der Waals surface area contributed by atoms with E-state index in [1.54, 1.807) is 6.92 Å². The molecular formula is C20H19F3N4O4S. The average molecular weight is 468 g/mol. The number of urea groups is 1. The van der Waals surface area contributed by atoms with Gasteiger partial charge in [-0.1, -0.05) is 12.1 Å². The number of imide groups is 1. The topological polar surface area (TPSA) is 101 Å². The maximum absolute atomic E-state index is 12.6. The summed E-state index contributed by atoms with van der Waals surface area (Å²) in [4.78, 5) is 42.9. The van der Waals surface area contributed by atoms with Gasteiger partial charge in [0.25, 0.3) is 5.91 Å². The van der Waals surface area contributed by atoms with Crippen molar-refractivity contribution in [3.8, 4) is 5.75 Å². The standard InChI is InChI=1S/C20H19F3N4O4S/c1-19(12-4-5-12)16(29)27(18(30)26-19)10-15(28)25-17-24-9-14(32-17)8-11-2-6-13(7-3-11)31-20(21,22)23/h2-3,6-7,9,12H,4-5,8,10H2,1H3,(H,26,30)(H,24,25,28)/t19-/m0/s1. The Morgan fingerprint density at radius 3 is 2.62 bits per heavy atom. The van der Waals surface area contributed by atoms with Crippen molar-refractivity contribution in [3.63, 3.8) is 0 Å². The molecule has 1 atom stereocenters. The average Bonchev–Trinajstić information content (AvgIpc) is 3.44. The molecular weight excluding hydrogens is 449 g/mol. The van der Waals surface area contributed by atoms with Gasteiger partial charge < -0.3 is 15.4 Å². The minimum absolute atomic E-state index is 0.0997. The van der Waals surface area contributed by atoms with Crippen LogP contribution in [0.2, 0.25) is 0 Å². The Balaban J connectivity index is 1.32. The van der Waals surface area contributed by atoms with Crippen LogP contribution in [-0.4, -0.2) is 46.2 Å². The molecule has 4 rings (SSSR count). The number of amides is 4. The van der Waals surface area contributed by atoms with Crippen molar-refractivity contribution in [3.05, 3.63) is 40.9 Å². The van der Waals surface area contributed by atoms with E-state index in [9.17, 15) is 27.6 Å². The van der Waals surface area contributed by atoms with Gasteiger partial charge in [0.05, 0.1) is 0 Å². The molecule has 2 aromatic rings. The number of carbonyl (C=O) groups is 3. The summed E-state index contributed by atoms with van der Waals surface area (Å²) in [6.45, 7) is 1.26. The van der Waals surface area contributed by atoms with Crippen LogP contribution in [0.25, 0.3) is 0 Å². The lowest BCUT2D eigenvalue weighted by atomic mass is 9.96. The monoisotopic (exact) mass is 468 g/mol. The summed E-state index contributed by atoms with van der Waals surface area (Å²) in [5.41, 5.74) is -0.216. The van der Waals surface area contributed by atoms with Crippen molar-refractivity contribution in [2.24, 2.45) is 5.92 Å². The first-order valence-electron chi connectivity index (χ1n) is 9.77. The van der Waals surface area contributed by atoms with E-state index in [-0.39, 0.29) is 11.7 Å². The molecule has 0 radical (unpaired) electrons. The summed E-state index contributed by atoms with van der Waals surface area (Å²) in [6, 6.07) is 4.87. The largest absolute Gasteiger partial charge is 0.573 e. The molecule has 1 aromatic carbocycles. The van der Waals surface area contributed by atoms with E-state index in [1.165, 1.54) is 41.8 Å². The van der Waals surface area contributed by atoms with E-state index >= 15 is 0 Å². The lowest BCUT2D eigenvalue weighted by Crippen LogP contribution is -2.46. The lowest BCUT2D eigenvalue weighted by molar-refractivity contribution is -0.274. The molecule has 4 amide bonds. The number of ether oxygens (including phenoxy) is 1. The van der Waals surface area contributed by atoms with Crippen molar-refractivity contribution in [1.82, 2.24) is 15.2 Å². The van der Waals surface area contributed by atoms with E-state index in [1.807, 2.05) is 0 Å². The quantitative estimate of drug-likeness (QED) is 0.608. The normalized spacial score (nSPS) is 20.9. The predicted molar refractivity (Wildman–Crippen MR) is 108 cm³/mol. The minimum atomic E-state index is -4.75. The highest BCUT2D eigenvalue weighted by molar-refractivity contribution is 7.15. The van der Waals surface area contributed by atoms with Gasteiger partial charge in [-0.2, -0.15) is 0 Å². The summed E-state index contributed by atoms with van der Waals surface area (Å²) in [7, 11) is 0. The Morgan fingerprint density at radius 2 is 2.00 bits per heavy atom. The third-order valence-corrected chi connectivity index (χ3v) is 6.24. The van der Waals surface area contributed by atoms with E-state index in [2.05, 4.69) is 20.4 Å². The zero-order chi connectivity index (χ0) is 23.1. The fraction of sp³-hybridized carbons (Fsp3) is 0.400. The van der Waals surface area contributed by atoms with Crippen LogP contribution in [0.4, 0.5) is 23.1 Å². The molecule has 1 saturated carbocycles. The number of carbonyl (C=O) groups excluding carboxylic acids is 3. The highest BCUT2D eigenvalue weighted by atomic mass is 32.1. The number of halogens is 3. The zero-order valence-electron chi connectivity index (χ0n) is 16.9. The van der Waals surface area contributed by atoms with E-state index in [0.29, 0.717) is 11.6 Å². The van der Waals surface area contributed by atoms with Crippen molar-refractivity contribution in [2.75, 3.05) is 11.9 Å². The summed E-state index contributed by atoms with van der Waals surface area (Å²) in [5.74, 6) is -1.17. The SMILES string of the molecule is C[C@@]1(C2CC2)NC(=O)N(CC(=O)Nc2ncc(Cc3ccc(OC(F)(F)F)cc3)s2)C1=O. The second-order valence-corrected chi connectivity index (χ2v) is 8.96. The third kappa shape index (κ3) is 4.85. The van der Waals surface area contributed by atoms with Gasteiger partial charge in [-0.15, -0.1) is 24.5 Å². The van der Waals surface area contributed by atoms with Gasteiger partial charge in [0.1, 0.15) is 17.8 Å². The van der Waals surface area contributed by atoms with Crippen LogP contribution in [0.3, 0.4) is 0 Å². The maximum Gasteiger partial charge on any atom is 0.573 e. The highest BCUT2D eigenvalue weighted by Gasteiger charge is 2.56. The number of nitrogens with zero attached hydrogens (tertiary/aromatic N) is 2. The summed E-state index contributed by atoms with van der Waals surface area (Å²) in [5, 5.41) is 5.55. The Hall–Kier alpha value is -3.15. The van der Waals surface area contributed by atoms with Gasteiger partial charge in [0.2, 0.25) is 5.91 Å². The van der Waals surface area contributed by atoms with Crippen LogP contribution >= 0.6 is 11.3 Å². The van der Waals surface area contributed by atoms with Crippen LogP contribution in [0.15, 0.2) is 30.5 Å². The highest BCUT2D eigenvalue weighted by Crippen LogP contribution is 2.42. The summed E-state index contributed by atoms with van der Waals surface area (Å²) >= 11 is 1.19. The second kappa shape index (κ2) is 8.08. The van der Waals surface area contributed by atoms with Crippen molar-refractivity contribution in [1.29, 1.82) is 0 Å². The molecule has 2 N–H and O–H groups in total. The molecule has 1 aliphatic heterocycles. The molecule has 1 saturated heterocycles. The van der Waals surface area contributed by atoms with E-state index in [4.69, 9.17) is 0 Å². The number of alkyl halides is 3. The van der Waals surface area contributed by atoms with Crippen molar-refractivity contribution in [2.45, 2.75) is 38.1 Å². The van der Waals surface area contributed by atoms with Gasteiger partial charge in [-0.05, 0) is 43.4 Å². The Kier molecular flexibility index (Phi) is 5.57. The molecule has 0 unspecified atom stereocenters. The molecule has 2 aliphatic rings. The smallest absolute Gasteiger partial charge is 0.406 e. The molecule has 8 nitrogen and oxygen atoms in total. The first-order valence-corrected chi connectivity index (χ1v) is 10.6. The van der Waals surface area contributed by atoms with Crippen LogP contribution in [0.1, 0.15) is 30.2 Å². The molecule has 170 valence electrons. The molecule has 2 fully saturated rings. The van der Waals surface area contributed by atoms with Crippen LogP contribution in [0.5, 0.6) is 5.75 Å². The maximum atomic E-state index is 12.6. The molecule has 12 heteroatoms. The van der Waals surface area contributed by atoms with Crippen molar-refractivity contribution >= 4 is 34.3 Å². The first-order chi connectivity index (χ1) is 15.0. The lowest BCUT2D eigenvalue weighted by Gasteiger charge is -2.20. The molecule has 1 aromatic heterocycles. The molecule has 2 heterocycles. The second-order valence-electron chi connectivity index (χ2n) is 7.85. The third-order valence-electron chi connectivity index (χ3n) is 5.33. The molecule has 1 aliphatic carbocycles. The van der Waals surface area contributed by atoms with Gasteiger partial charge in [0.15, 0.2) is 5.13 Å². The van der Waals surface area contributed by atoms with E-state index < -0.39 is 36.3 Å². The van der Waals surface area contributed by atoms with Gasteiger partial charge in [-0.25, -0.2) is 9.78 Å². The zero-order valence-corrected chi connectivity index (χ0v) is 17.7. The summed E-state index contributed by atoms with van der Waals surface area (Å²) < 4.78 is 40.5. The van der Waals surface area contributed by atoms with Gasteiger partial charge >= 0.3 is 12.4 Å². The number of aromatic nitrogens is 1. The Bertz CT molecular complexity index is 1050. The van der Waals surface area contributed by atoms with Gasteiger partial charge in [0, 0.05) is 17.5 Å². The molecule has 0 bridgehead atoms. The van der Waals surface area contributed by atoms with Crippen LogP contribution < -0.4 is 15.4 Å². The number of hydrogen-bond acceptors (Lipinski definition) is 6.